The van der Waals surface area contributed by atoms with Crippen LogP contribution in [0.25, 0.3) is 0 Å². The number of amides is 2. The first-order valence-corrected chi connectivity index (χ1v) is 10.2. The van der Waals surface area contributed by atoms with Gasteiger partial charge in [0.25, 0.3) is 0 Å². The van der Waals surface area contributed by atoms with Gasteiger partial charge in [-0.25, -0.2) is 4.79 Å². The maximum Gasteiger partial charge on any atom is 0.417 e. The minimum atomic E-state index is -4.50. The number of urea groups is 1. The van der Waals surface area contributed by atoms with Crippen LogP contribution >= 0.6 is 35.0 Å². The van der Waals surface area contributed by atoms with Crippen molar-refractivity contribution in [1.82, 2.24) is 4.98 Å². The number of nitrogens with zero attached hydrogens (tertiary/aromatic N) is 1. The van der Waals surface area contributed by atoms with Crippen molar-refractivity contribution in [2.75, 3.05) is 10.6 Å². The number of para-hydroxylation sites is 1. The summed E-state index contributed by atoms with van der Waals surface area (Å²) in [5, 5.41) is 5.93. The number of hydrogen-bond donors (Lipinski definition) is 2. The van der Waals surface area contributed by atoms with Crippen LogP contribution in [0.1, 0.15) is 11.3 Å². The van der Waals surface area contributed by atoms with Gasteiger partial charge in [0.15, 0.2) is 0 Å². The van der Waals surface area contributed by atoms with E-state index in [1.54, 1.807) is 48.5 Å². The molecule has 0 aliphatic carbocycles. The molecule has 1 aromatic heterocycles. The van der Waals surface area contributed by atoms with Crippen LogP contribution in [0.2, 0.25) is 10.0 Å². The molecule has 0 radical (unpaired) electrons. The van der Waals surface area contributed by atoms with Gasteiger partial charge in [0.1, 0.15) is 0 Å². The fourth-order valence-corrected chi connectivity index (χ4v) is 3.80. The minimum absolute atomic E-state index is 0.0664. The fraction of sp³-hybridized carbons (Fsp3) is 0.100. The molecule has 0 fully saturated rings. The van der Waals surface area contributed by atoms with Crippen LogP contribution in [-0.4, -0.2) is 11.0 Å². The number of pyridine rings is 1. The van der Waals surface area contributed by atoms with Crippen molar-refractivity contribution in [3.63, 3.8) is 0 Å². The Kier molecular flexibility index (Phi) is 7.12. The number of hydrogen-bond acceptors (Lipinski definition) is 3. The Labute approximate surface area is 184 Å². The van der Waals surface area contributed by atoms with E-state index in [-0.39, 0.29) is 10.8 Å². The molecule has 0 saturated heterocycles. The Morgan fingerprint density at radius 3 is 2.40 bits per heavy atom. The van der Waals surface area contributed by atoms with Crippen molar-refractivity contribution in [3.05, 3.63) is 82.1 Å². The summed E-state index contributed by atoms with van der Waals surface area (Å²) in [6.45, 7) is 0. The molecule has 0 saturated carbocycles. The molecule has 0 aliphatic rings. The zero-order valence-electron chi connectivity index (χ0n) is 15.1. The molecular weight excluding hydrogens is 458 g/mol. The molecule has 156 valence electrons. The molecule has 2 N–H and O–H groups in total. The molecule has 2 aromatic carbocycles. The van der Waals surface area contributed by atoms with Gasteiger partial charge < -0.3 is 10.6 Å². The monoisotopic (exact) mass is 471 g/mol. The molecule has 0 bridgehead atoms. The summed E-state index contributed by atoms with van der Waals surface area (Å²) in [5.74, 6) is 0.231. The molecule has 1 heterocycles. The predicted octanol–water partition coefficient (Wildman–Crippen LogP) is 7.34. The first-order valence-electron chi connectivity index (χ1n) is 8.49. The third kappa shape index (κ3) is 6.04. The van der Waals surface area contributed by atoms with Crippen LogP contribution in [0.4, 0.5) is 29.3 Å². The molecule has 4 nitrogen and oxygen atoms in total. The first-order chi connectivity index (χ1) is 14.2. The van der Waals surface area contributed by atoms with Gasteiger partial charge in [-0.15, -0.1) is 11.8 Å². The van der Waals surface area contributed by atoms with Crippen LogP contribution in [0.3, 0.4) is 0 Å². The lowest BCUT2D eigenvalue weighted by Crippen LogP contribution is -2.19. The van der Waals surface area contributed by atoms with Gasteiger partial charge in [-0.2, -0.15) is 13.2 Å². The molecular formula is C20H14Cl2F3N3OS. The quantitative estimate of drug-likeness (QED) is 0.382. The van der Waals surface area contributed by atoms with Gasteiger partial charge >= 0.3 is 12.2 Å². The second-order valence-corrected chi connectivity index (χ2v) is 7.88. The van der Waals surface area contributed by atoms with E-state index in [1.807, 2.05) is 0 Å². The van der Waals surface area contributed by atoms with Gasteiger partial charge in [0.05, 0.1) is 22.0 Å². The zero-order valence-corrected chi connectivity index (χ0v) is 17.5. The zero-order chi connectivity index (χ0) is 21.7. The number of alkyl halides is 3. The number of nitrogens with one attached hydrogen (secondary N) is 2. The number of thioether (sulfide) groups is 1. The van der Waals surface area contributed by atoms with Gasteiger partial charge in [-0.05, 0) is 42.5 Å². The number of carbonyl (C=O) groups excluding carboxylic acids is 1. The van der Waals surface area contributed by atoms with Gasteiger partial charge in [-0.3, -0.25) is 4.98 Å². The molecule has 3 rings (SSSR count). The second kappa shape index (κ2) is 9.59. The van der Waals surface area contributed by atoms with E-state index in [0.29, 0.717) is 27.0 Å². The van der Waals surface area contributed by atoms with Crippen molar-refractivity contribution in [2.45, 2.75) is 16.8 Å². The lowest BCUT2D eigenvalue weighted by molar-refractivity contribution is -0.137. The van der Waals surface area contributed by atoms with Crippen molar-refractivity contribution < 1.29 is 18.0 Å². The van der Waals surface area contributed by atoms with Crippen LogP contribution in [-0.2, 0) is 11.9 Å². The summed E-state index contributed by atoms with van der Waals surface area (Å²) < 4.78 is 38.2. The summed E-state index contributed by atoms with van der Waals surface area (Å²) in [4.78, 5) is 16.8. The van der Waals surface area contributed by atoms with E-state index in [1.165, 1.54) is 11.8 Å². The lowest BCUT2D eigenvalue weighted by atomic mass is 10.2. The SMILES string of the molecule is O=C(Nc1ccc(Cl)cc1)Nc1ccccc1SCc1ncc(C(F)(F)F)cc1Cl. The Balaban J connectivity index is 1.67. The molecule has 3 aromatic rings. The lowest BCUT2D eigenvalue weighted by Gasteiger charge is -2.12. The van der Waals surface area contributed by atoms with E-state index in [2.05, 4.69) is 15.6 Å². The standard InChI is InChI=1S/C20H14Cl2F3N3OS/c21-13-5-7-14(8-6-13)27-19(29)28-16-3-1-2-4-18(16)30-11-17-15(22)9-12(10-26-17)20(23,24)25/h1-10H,11H2,(H2,27,28,29). The van der Waals surface area contributed by atoms with Crippen molar-refractivity contribution >= 4 is 52.4 Å². The largest absolute Gasteiger partial charge is 0.417 e. The average molecular weight is 472 g/mol. The van der Waals surface area contributed by atoms with Crippen LogP contribution in [0.5, 0.6) is 0 Å². The average Bonchev–Trinajstić information content (AvgIpc) is 2.69. The smallest absolute Gasteiger partial charge is 0.308 e. The number of aromatic nitrogens is 1. The Morgan fingerprint density at radius 2 is 1.73 bits per heavy atom. The molecule has 0 aliphatic heterocycles. The fourth-order valence-electron chi connectivity index (χ4n) is 2.39. The van der Waals surface area contributed by atoms with E-state index < -0.39 is 17.8 Å². The van der Waals surface area contributed by atoms with E-state index in [0.717, 1.165) is 12.3 Å². The van der Waals surface area contributed by atoms with Gasteiger partial charge in [-0.1, -0.05) is 35.3 Å². The van der Waals surface area contributed by atoms with Crippen LogP contribution in [0.15, 0.2) is 65.7 Å². The number of halogens is 5. The second-order valence-electron chi connectivity index (χ2n) is 6.02. The summed E-state index contributed by atoms with van der Waals surface area (Å²) in [7, 11) is 0. The number of rotatable bonds is 5. The number of carbonyl (C=O) groups is 1. The molecule has 0 atom stereocenters. The minimum Gasteiger partial charge on any atom is -0.308 e. The van der Waals surface area contributed by atoms with Crippen molar-refractivity contribution in [2.24, 2.45) is 0 Å². The molecule has 0 unspecified atom stereocenters. The van der Waals surface area contributed by atoms with Gasteiger partial charge in [0.2, 0.25) is 0 Å². The van der Waals surface area contributed by atoms with Crippen molar-refractivity contribution in [1.29, 1.82) is 0 Å². The van der Waals surface area contributed by atoms with Crippen LogP contribution < -0.4 is 10.6 Å². The van der Waals surface area contributed by atoms with Gasteiger partial charge in [0, 0.05) is 27.6 Å². The maximum atomic E-state index is 12.7. The topological polar surface area (TPSA) is 54.0 Å². The van der Waals surface area contributed by atoms with E-state index in [4.69, 9.17) is 23.2 Å². The van der Waals surface area contributed by atoms with E-state index in [9.17, 15) is 18.0 Å². The van der Waals surface area contributed by atoms with Crippen molar-refractivity contribution in [3.8, 4) is 0 Å². The normalized spacial score (nSPS) is 11.2. The summed E-state index contributed by atoms with van der Waals surface area (Å²) in [6, 6.07) is 14.1. The molecule has 2 amide bonds. The highest BCUT2D eigenvalue weighted by molar-refractivity contribution is 7.98. The molecule has 0 spiro atoms. The Morgan fingerprint density at radius 1 is 1.03 bits per heavy atom. The Hall–Kier alpha value is -2.42. The highest BCUT2D eigenvalue weighted by atomic mass is 35.5. The maximum absolute atomic E-state index is 12.7. The molecule has 10 heteroatoms. The highest BCUT2D eigenvalue weighted by Gasteiger charge is 2.31. The summed E-state index contributed by atoms with van der Waals surface area (Å²) in [6.07, 6.45) is -3.75. The van der Waals surface area contributed by atoms with Crippen LogP contribution in [0, 0.1) is 0 Å². The molecule has 30 heavy (non-hydrogen) atoms. The highest BCUT2D eigenvalue weighted by Crippen LogP contribution is 2.34. The predicted molar refractivity (Wildman–Crippen MR) is 114 cm³/mol. The summed E-state index contributed by atoms with van der Waals surface area (Å²) >= 11 is 13.1. The van der Waals surface area contributed by atoms with E-state index >= 15 is 0 Å². The number of anilines is 2. The Bertz CT molecular complexity index is 1050. The third-order valence-corrected chi connectivity index (χ3v) is 5.51. The summed E-state index contributed by atoms with van der Waals surface area (Å²) in [5.41, 5.74) is 0.525. The third-order valence-electron chi connectivity index (χ3n) is 3.85. The first kappa shape index (κ1) is 22.3. The number of benzene rings is 2.